The van der Waals surface area contributed by atoms with Gasteiger partial charge >= 0.3 is 0 Å². The average molecular weight is 222 g/mol. The largest absolute Gasteiger partial charge is 0.325 e. The van der Waals surface area contributed by atoms with Crippen molar-refractivity contribution in [3.8, 4) is 0 Å². The molecule has 2 atom stereocenters. The van der Waals surface area contributed by atoms with Crippen LogP contribution in [0.2, 0.25) is 0 Å². The maximum atomic E-state index is 5.56. The standard InChI is InChI=1S/C12H22N4/c1-9-4-11(6-12(2,3)5-9)16-8-10(7-13)14-15-16/h8-9,11H,4-7,13H2,1-3H3/t9-,11+/m0/s1. The smallest absolute Gasteiger partial charge is 0.0962 e. The van der Waals surface area contributed by atoms with Crippen LogP contribution in [-0.4, -0.2) is 15.0 Å². The molecule has 4 nitrogen and oxygen atoms in total. The van der Waals surface area contributed by atoms with Gasteiger partial charge in [-0.05, 0) is 30.6 Å². The minimum Gasteiger partial charge on any atom is -0.325 e. The molecule has 2 rings (SSSR count). The third-order valence-electron chi connectivity index (χ3n) is 3.50. The van der Waals surface area contributed by atoms with Crippen LogP contribution in [0.15, 0.2) is 6.20 Å². The third kappa shape index (κ3) is 2.43. The Morgan fingerprint density at radius 3 is 2.81 bits per heavy atom. The van der Waals surface area contributed by atoms with Gasteiger partial charge in [-0.15, -0.1) is 5.10 Å². The highest BCUT2D eigenvalue weighted by molar-refractivity contribution is 4.94. The number of rotatable bonds is 2. The molecule has 0 aliphatic heterocycles. The van der Waals surface area contributed by atoms with E-state index in [4.69, 9.17) is 5.73 Å². The molecular weight excluding hydrogens is 200 g/mol. The zero-order chi connectivity index (χ0) is 11.8. The Morgan fingerprint density at radius 1 is 1.50 bits per heavy atom. The lowest BCUT2D eigenvalue weighted by Gasteiger charge is -2.38. The summed E-state index contributed by atoms with van der Waals surface area (Å²) in [4.78, 5) is 0. The van der Waals surface area contributed by atoms with Gasteiger partial charge in [0.25, 0.3) is 0 Å². The van der Waals surface area contributed by atoms with Crippen LogP contribution in [0.4, 0.5) is 0 Å². The van der Waals surface area contributed by atoms with Crippen LogP contribution in [-0.2, 0) is 6.54 Å². The second kappa shape index (κ2) is 4.17. The molecule has 1 aromatic heterocycles. The summed E-state index contributed by atoms with van der Waals surface area (Å²) in [7, 11) is 0. The van der Waals surface area contributed by atoms with Crippen LogP contribution in [0.5, 0.6) is 0 Å². The molecule has 1 fully saturated rings. The minimum atomic E-state index is 0.414. The van der Waals surface area contributed by atoms with E-state index in [-0.39, 0.29) is 0 Å². The summed E-state index contributed by atoms with van der Waals surface area (Å²) < 4.78 is 2.01. The molecule has 4 heteroatoms. The van der Waals surface area contributed by atoms with Gasteiger partial charge in [-0.2, -0.15) is 0 Å². The summed E-state index contributed by atoms with van der Waals surface area (Å²) >= 11 is 0. The molecule has 1 aliphatic carbocycles. The summed E-state index contributed by atoms with van der Waals surface area (Å²) in [5.41, 5.74) is 6.86. The van der Waals surface area contributed by atoms with Crippen molar-refractivity contribution in [2.75, 3.05) is 0 Å². The highest BCUT2D eigenvalue weighted by Crippen LogP contribution is 2.43. The molecule has 0 spiro atoms. The van der Waals surface area contributed by atoms with Gasteiger partial charge in [0, 0.05) is 6.54 Å². The summed E-state index contributed by atoms with van der Waals surface area (Å²) in [5.74, 6) is 0.763. The lowest BCUT2D eigenvalue weighted by molar-refractivity contribution is 0.129. The van der Waals surface area contributed by atoms with Gasteiger partial charge in [0.05, 0.1) is 17.9 Å². The Morgan fingerprint density at radius 2 is 2.25 bits per heavy atom. The van der Waals surface area contributed by atoms with E-state index in [0.717, 1.165) is 11.6 Å². The van der Waals surface area contributed by atoms with Crippen LogP contribution in [0.3, 0.4) is 0 Å². The first-order valence-corrected chi connectivity index (χ1v) is 6.11. The van der Waals surface area contributed by atoms with Crippen molar-refractivity contribution in [2.24, 2.45) is 17.1 Å². The molecule has 1 heterocycles. The summed E-state index contributed by atoms with van der Waals surface area (Å²) in [6, 6.07) is 0.492. The van der Waals surface area contributed by atoms with Gasteiger partial charge in [-0.3, -0.25) is 0 Å². The highest BCUT2D eigenvalue weighted by Gasteiger charge is 2.33. The van der Waals surface area contributed by atoms with Crippen molar-refractivity contribution in [3.05, 3.63) is 11.9 Å². The topological polar surface area (TPSA) is 56.7 Å². The van der Waals surface area contributed by atoms with E-state index < -0.39 is 0 Å². The molecule has 16 heavy (non-hydrogen) atoms. The van der Waals surface area contributed by atoms with Crippen molar-refractivity contribution in [1.82, 2.24) is 15.0 Å². The Kier molecular flexibility index (Phi) is 3.02. The van der Waals surface area contributed by atoms with E-state index in [1.807, 2.05) is 10.9 Å². The number of hydrogen-bond acceptors (Lipinski definition) is 3. The molecule has 0 aromatic carbocycles. The van der Waals surface area contributed by atoms with E-state index in [1.54, 1.807) is 0 Å². The summed E-state index contributed by atoms with van der Waals surface area (Å²) in [6.45, 7) is 7.49. The van der Waals surface area contributed by atoms with E-state index in [0.29, 0.717) is 18.0 Å². The molecule has 1 saturated carbocycles. The molecule has 90 valence electrons. The van der Waals surface area contributed by atoms with Crippen LogP contribution in [0.1, 0.15) is 51.8 Å². The molecule has 0 saturated heterocycles. The first-order valence-electron chi connectivity index (χ1n) is 6.11. The SMILES string of the molecule is C[C@H]1C[C@@H](n2cc(CN)nn2)CC(C)(C)C1. The molecule has 1 aliphatic rings. The van der Waals surface area contributed by atoms with Gasteiger partial charge < -0.3 is 5.73 Å². The highest BCUT2D eigenvalue weighted by atomic mass is 15.4. The fourth-order valence-corrected chi connectivity index (χ4v) is 3.08. The number of nitrogens with zero attached hydrogens (tertiary/aromatic N) is 3. The maximum absolute atomic E-state index is 5.56. The summed E-state index contributed by atoms with van der Waals surface area (Å²) in [5, 5.41) is 8.27. The molecule has 0 bridgehead atoms. The number of aromatic nitrogens is 3. The Bertz CT molecular complexity index is 356. The molecule has 1 aromatic rings. The van der Waals surface area contributed by atoms with E-state index in [1.165, 1.54) is 19.3 Å². The van der Waals surface area contributed by atoms with Crippen LogP contribution >= 0.6 is 0 Å². The second-order valence-electron chi connectivity index (χ2n) is 5.96. The normalized spacial score (nSPS) is 29.2. The monoisotopic (exact) mass is 222 g/mol. The predicted molar refractivity (Wildman–Crippen MR) is 63.7 cm³/mol. The maximum Gasteiger partial charge on any atom is 0.0962 e. The molecule has 0 amide bonds. The second-order valence-corrected chi connectivity index (χ2v) is 5.96. The third-order valence-corrected chi connectivity index (χ3v) is 3.50. The van der Waals surface area contributed by atoms with Crippen LogP contribution < -0.4 is 5.73 Å². The number of hydrogen-bond donors (Lipinski definition) is 1. The fourth-order valence-electron chi connectivity index (χ4n) is 3.08. The van der Waals surface area contributed by atoms with Gasteiger partial charge in [0.15, 0.2) is 0 Å². The fraction of sp³-hybridized carbons (Fsp3) is 0.833. The zero-order valence-electron chi connectivity index (χ0n) is 10.5. The number of nitrogens with two attached hydrogens (primary N) is 1. The molecular formula is C12H22N4. The minimum absolute atomic E-state index is 0.414. The lowest BCUT2D eigenvalue weighted by Crippen LogP contribution is -2.29. The van der Waals surface area contributed by atoms with Crippen molar-refractivity contribution in [3.63, 3.8) is 0 Å². The first-order chi connectivity index (χ1) is 7.50. The van der Waals surface area contributed by atoms with Gasteiger partial charge in [-0.1, -0.05) is 26.0 Å². The molecule has 2 N–H and O–H groups in total. The van der Waals surface area contributed by atoms with Gasteiger partial charge in [0.1, 0.15) is 0 Å². The van der Waals surface area contributed by atoms with Crippen LogP contribution in [0, 0.1) is 11.3 Å². The van der Waals surface area contributed by atoms with Crippen molar-refractivity contribution in [2.45, 2.75) is 52.6 Å². The van der Waals surface area contributed by atoms with Gasteiger partial charge in [-0.25, -0.2) is 4.68 Å². The van der Waals surface area contributed by atoms with Crippen LogP contribution in [0.25, 0.3) is 0 Å². The zero-order valence-corrected chi connectivity index (χ0v) is 10.5. The van der Waals surface area contributed by atoms with E-state index in [2.05, 4.69) is 31.1 Å². The van der Waals surface area contributed by atoms with E-state index >= 15 is 0 Å². The Balaban J connectivity index is 2.14. The van der Waals surface area contributed by atoms with Crippen molar-refractivity contribution >= 4 is 0 Å². The Labute approximate surface area is 97.2 Å². The molecule has 0 unspecified atom stereocenters. The predicted octanol–water partition coefficient (Wildman–Crippen LogP) is 2.12. The molecule has 0 radical (unpaired) electrons. The van der Waals surface area contributed by atoms with Crippen molar-refractivity contribution < 1.29 is 0 Å². The van der Waals surface area contributed by atoms with Gasteiger partial charge in [0.2, 0.25) is 0 Å². The van der Waals surface area contributed by atoms with Crippen molar-refractivity contribution in [1.29, 1.82) is 0 Å². The van der Waals surface area contributed by atoms with E-state index in [9.17, 15) is 0 Å². The lowest BCUT2D eigenvalue weighted by atomic mass is 9.71. The Hall–Kier alpha value is -0.900. The quantitative estimate of drug-likeness (QED) is 0.834. The summed E-state index contributed by atoms with van der Waals surface area (Å²) in [6.07, 6.45) is 5.70. The first kappa shape index (κ1) is 11.6. The average Bonchev–Trinajstić information content (AvgIpc) is 2.62.